The zero-order chi connectivity index (χ0) is 11.6. The number of fused-ring (bicyclic) bond motifs is 4. The molecule has 0 spiro atoms. The smallest absolute Gasteiger partial charge is 0.0511 e. The van der Waals surface area contributed by atoms with E-state index in [1.165, 1.54) is 45.7 Å². The molecule has 0 aliphatic carbocycles. The molecule has 5 aliphatic heterocycles. The lowest BCUT2D eigenvalue weighted by molar-refractivity contribution is -0.0707. The van der Waals surface area contributed by atoms with Crippen molar-refractivity contribution >= 4 is 0 Å². The van der Waals surface area contributed by atoms with E-state index in [9.17, 15) is 0 Å². The fourth-order valence-electron chi connectivity index (χ4n) is 4.38. The first-order chi connectivity index (χ1) is 8.20. The highest BCUT2D eigenvalue weighted by atomic mass is 15.4. The molecule has 0 saturated carbocycles. The molecule has 4 unspecified atom stereocenters. The molecule has 0 radical (unpaired) electrons. The van der Waals surface area contributed by atoms with Crippen LogP contribution in [-0.2, 0) is 0 Å². The van der Waals surface area contributed by atoms with Gasteiger partial charge >= 0.3 is 0 Å². The molecule has 4 atom stereocenters. The number of hydrogen-bond donors (Lipinski definition) is 0. The van der Waals surface area contributed by atoms with Crippen LogP contribution in [-0.4, -0.2) is 90.7 Å². The summed E-state index contributed by atoms with van der Waals surface area (Å²) in [5.74, 6) is 0. The molecule has 0 N–H and O–H groups in total. The van der Waals surface area contributed by atoms with Crippen LogP contribution < -0.4 is 0 Å². The van der Waals surface area contributed by atoms with Crippen LogP contribution in [0.15, 0.2) is 0 Å². The van der Waals surface area contributed by atoms with E-state index in [-0.39, 0.29) is 0 Å². The van der Waals surface area contributed by atoms with Crippen molar-refractivity contribution in [1.29, 1.82) is 0 Å². The molecule has 5 fully saturated rings. The second-order valence-corrected chi connectivity index (χ2v) is 6.64. The quantitative estimate of drug-likeness (QED) is 0.654. The number of rotatable bonds is 2. The predicted molar refractivity (Wildman–Crippen MR) is 67.9 cm³/mol. The maximum atomic E-state index is 2.73. The van der Waals surface area contributed by atoms with Crippen LogP contribution in [0.3, 0.4) is 0 Å². The monoisotopic (exact) mass is 236 g/mol. The van der Waals surface area contributed by atoms with Crippen molar-refractivity contribution in [3.8, 4) is 0 Å². The number of nitrogens with zero attached hydrogens (tertiary/aromatic N) is 4. The van der Waals surface area contributed by atoms with Gasteiger partial charge < -0.3 is 4.90 Å². The number of piperidine rings is 1. The summed E-state index contributed by atoms with van der Waals surface area (Å²) in [5, 5.41) is 0. The van der Waals surface area contributed by atoms with Crippen LogP contribution in [0.4, 0.5) is 0 Å². The highest BCUT2D eigenvalue weighted by molar-refractivity contribution is 5.01. The number of likely N-dealkylation sites (N-methyl/N-ethyl adjacent to an activating group) is 2. The van der Waals surface area contributed by atoms with Crippen molar-refractivity contribution in [2.75, 3.05) is 46.9 Å². The summed E-state index contributed by atoms with van der Waals surface area (Å²) in [6.07, 6.45) is 2.86. The van der Waals surface area contributed by atoms with Crippen LogP contribution in [0.25, 0.3) is 0 Å². The Morgan fingerprint density at radius 3 is 2.06 bits per heavy atom. The van der Waals surface area contributed by atoms with Crippen molar-refractivity contribution in [2.24, 2.45) is 0 Å². The number of hydrogen-bond acceptors (Lipinski definition) is 4. The van der Waals surface area contributed by atoms with Crippen LogP contribution in [0.1, 0.15) is 12.8 Å². The first-order valence-electron chi connectivity index (χ1n) is 7.09. The average molecular weight is 236 g/mol. The van der Waals surface area contributed by atoms with Crippen molar-refractivity contribution in [1.82, 2.24) is 19.6 Å². The van der Waals surface area contributed by atoms with Gasteiger partial charge in [-0.05, 0) is 26.9 Å². The molecular weight excluding hydrogens is 212 g/mol. The Morgan fingerprint density at radius 2 is 1.53 bits per heavy atom. The number of piperazine rings is 2. The zero-order valence-corrected chi connectivity index (χ0v) is 11.0. The molecule has 5 saturated heterocycles. The standard InChI is InChI=1S/C13H24N4/c1-14-5-13-3-10(14)8-17(13)9-16-6-11-4-12(7-16)15(11)2/h10-13H,3-9H2,1-2H3. The molecule has 4 bridgehead atoms. The van der Waals surface area contributed by atoms with E-state index in [1.807, 2.05) is 0 Å². The molecule has 5 aliphatic rings. The van der Waals surface area contributed by atoms with Crippen molar-refractivity contribution in [3.05, 3.63) is 0 Å². The van der Waals surface area contributed by atoms with Crippen LogP contribution in [0.2, 0.25) is 0 Å². The summed E-state index contributed by atoms with van der Waals surface area (Å²) in [4.78, 5) is 10.5. The molecule has 0 aromatic rings. The molecule has 4 nitrogen and oxygen atoms in total. The van der Waals surface area contributed by atoms with Gasteiger partial charge in [0.1, 0.15) is 0 Å². The topological polar surface area (TPSA) is 13.0 Å². The van der Waals surface area contributed by atoms with Crippen molar-refractivity contribution in [2.45, 2.75) is 37.0 Å². The minimum absolute atomic E-state index is 0.848. The summed E-state index contributed by atoms with van der Waals surface area (Å²) >= 11 is 0. The first-order valence-corrected chi connectivity index (χ1v) is 7.09. The third kappa shape index (κ3) is 1.58. The van der Waals surface area contributed by atoms with Crippen LogP contribution >= 0.6 is 0 Å². The lowest BCUT2D eigenvalue weighted by atomic mass is 9.89. The third-order valence-electron chi connectivity index (χ3n) is 5.64. The molecule has 0 aromatic heterocycles. The first kappa shape index (κ1) is 10.7. The Labute approximate surface area is 104 Å². The number of likely N-dealkylation sites (tertiary alicyclic amines) is 2. The van der Waals surface area contributed by atoms with Gasteiger partial charge in [-0.25, -0.2) is 0 Å². The Kier molecular flexibility index (Phi) is 2.32. The maximum Gasteiger partial charge on any atom is 0.0511 e. The van der Waals surface area contributed by atoms with Crippen LogP contribution in [0.5, 0.6) is 0 Å². The third-order valence-corrected chi connectivity index (χ3v) is 5.64. The predicted octanol–water partition coefficient (Wildman–Crippen LogP) is -0.279. The van der Waals surface area contributed by atoms with Gasteiger partial charge in [-0.2, -0.15) is 0 Å². The van der Waals surface area contributed by atoms with Gasteiger partial charge in [-0.15, -0.1) is 0 Å². The average Bonchev–Trinajstić information content (AvgIpc) is 2.87. The molecule has 5 rings (SSSR count). The van der Waals surface area contributed by atoms with Crippen molar-refractivity contribution < 1.29 is 0 Å². The summed E-state index contributed by atoms with van der Waals surface area (Å²) in [6, 6.07) is 3.41. The van der Waals surface area contributed by atoms with Crippen LogP contribution in [0, 0.1) is 0 Å². The normalized spacial score (nSPS) is 47.6. The Hall–Kier alpha value is -0.160. The molecule has 96 valence electrons. The van der Waals surface area contributed by atoms with Gasteiger partial charge in [0.25, 0.3) is 0 Å². The van der Waals surface area contributed by atoms with E-state index < -0.39 is 0 Å². The second-order valence-electron chi connectivity index (χ2n) is 6.64. The lowest BCUT2D eigenvalue weighted by Gasteiger charge is -2.55. The van der Waals surface area contributed by atoms with Gasteiger partial charge in [0.2, 0.25) is 0 Å². The van der Waals surface area contributed by atoms with E-state index in [1.54, 1.807) is 0 Å². The van der Waals surface area contributed by atoms with Gasteiger partial charge in [0.15, 0.2) is 0 Å². The summed E-state index contributed by atoms with van der Waals surface area (Å²) in [5.41, 5.74) is 0. The highest BCUT2D eigenvalue weighted by Gasteiger charge is 2.45. The summed E-state index contributed by atoms with van der Waals surface area (Å²) in [7, 11) is 4.58. The minimum atomic E-state index is 0.848. The summed E-state index contributed by atoms with van der Waals surface area (Å²) in [6.45, 7) is 6.44. The molecule has 0 amide bonds. The van der Waals surface area contributed by atoms with Gasteiger partial charge in [-0.1, -0.05) is 0 Å². The fourth-order valence-corrected chi connectivity index (χ4v) is 4.38. The summed E-state index contributed by atoms with van der Waals surface area (Å²) < 4.78 is 0. The molecule has 17 heavy (non-hydrogen) atoms. The SMILES string of the molecule is CN1CC2CC1CN2CN1CC2CC(C1)N2C. The van der Waals surface area contributed by atoms with Crippen molar-refractivity contribution in [3.63, 3.8) is 0 Å². The van der Waals surface area contributed by atoms with E-state index in [0.29, 0.717) is 0 Å². The molecule has 4 heteroatoms. The minimum Gasteiger partial charge on any atom is -0.301 e. The Bertz CT molecular complexity index is 307. The molecule has 0 aromatic carbocycles. The maximum absolute atomic E-state index is 2.73. The molecular formula is C13H24N4. The highest BCUT2D eigenvalue weighted by Crippen LogP contribution is 2.33. The lowest BCUT2D eigenvalue weighted by Crippen LogP contribution is -2.68. The fraction of sp³-hybridized carbons (Fsp3) is 1.00. The van der Waals surface area contributed by atoms with E-state index in [2.05, 4.69) is 33.7 Å². The van der Waals surface area contributed by atoms with Gasteiger partial charge in [-0.3, -0.25) is 14.7 Å². The Balaban J connectivity index is 1.34. The van der Waals surface area contributed by atoms with E-state index in [4.69, 9.17) is 0 Å². The largest absolute Gasteiger partial charge is 0.301 e. The molecule has 5 heterocycles. The van der Waals surface area contributed by atoms with Gasteiger partial charge in [0.05, 0.1) is 6.67 Å². The van der Waals surface area contributed by atoms with E-state index in [0.717, 1.165) is 24.2 Å². The Morgan fingerprint density at radius 1 is 0.824 bits per heavy atom. The van der Waals surface area contributed by atoms with Gasteiger partial charge in [0, 0.05) is 50.3 Å². The second kappa shape index (κ2) is 3.67. The van der Waals surface area contributed by atoms with E-state index >= 15 is 0 Å². The zero-order valence-electron chi connectivity index (χ0n) is 11.0.